The molecule has 2 heteroatoms. The summed E-state index contributed by atoms with van der Waals surface area (Å²) < 4.78 is 0. The first kappa shape index (κ1) is 10.5. The Morgan fingerprint density at radius 1 is 1.50 bits per heavy atom. The van der Waals surface area contributed by atoms with Crippen molar-refractivity contribution in [2.45, 2.75) is 26.2 Å². The molecule has 0 aliphatic heterocycles. The average molecular weight is 179 g/mol. The number of hydrogen-bond donors (Lipinski definition) is 0. The third kappa shape index (κ3) is 6.58. The van der Waals surface area contributed by atoms with Crippen LogP contribution >= 0.6 is 18.5 Å². The van der Waals surface area contributed by atoms with Gasteiger partial charge < -0.3 is 0 Å². The van der Waals surface area contributed by atoms with Crippen molar-refractivity contribution in [3.63, 3.8) is 0 Å². The van der Waals surface area contributed by atoms with E-state index >= 15 is 0 Å². The zero-order valence-electron chi connectivity index (χ0n) is 6.65. The first-order chi connectivity index (χ1) is 4.81. The normalized spacial score (nSPS) is 13.0. The Balaban J connectivity index is 3.04. The van der Waals surface area contributed by atoms with Gasteiger partial charge in [-0.15, -0.1) is 6.58 Å². The molecule has 0 saturated carbocycles. The molecule has 0 rings (SSSR count). The van der Waals surface area contributed by atoms with Gasteiger partial charge in [0.25, 0.3) is 0 Å². The summed E-state index contributed by atoms with van der Waals surface area (Å²) in [6, 6.07) is 0. The molecule has 0 nitrogen and oxygen atoms in total. The van der Waals surface area contributed by atoms with Crippen molar-refractivity contribution in [3.05, 3.63) is 12.7 Å². The minimum Gasteiger partial charge on any atom is -0.103 e. The van der Waals surface area contributed by atoms with Crippen LogP contribution in [0.2, 0.25) is 0 Å². The molecule has 0 spiro atoms. The molecule has 60 valence electrons. The zero-order valence-corrected chi connectivity index (χ0v) is 8.30. The monoisotopic (exact) mass is 178 g/mol. The largest absolute Gasteiger partial charge is 0.103 e. The number of rotatable bonds is 6. The van der Waals surface area contributed by atoms with Gasteiger partial charge in [-0.3, -0.25) is 0 Å². The van der Waals surface area contributed by atoms with Crippen LogP contribution in [0.4, 0.5) is 0 Å². The maximum atomic E-state index is 6.01. The molecule has 0 aliphatic carbocycles. The molecular formula is C8H16ClP. The van der Waals surface area contributed by atoms with Crippen LogP contribution in [-0.2, 0) is 0 Å². The lowest BCUT2D eigenvalue weighted by molar-refractivity contribution is 0.777. The smallest absolute Gasteiger partial charge is 0.000842 e. The molecule has 0 aromatic heterocycles. The van der Waals surface area contributed by atoms with Crippen LogP contribution in [0.5, 0.6) is 0 Å². The van der Waals surface area contributed by atoms with Gasteiger partial charge in [-0.05, 0) is 26.0 Å². The van der Waals surface area contributed by atoms with Gasteiger partial charge >= 0.3 is 0 Å². The highest BCUT2D eigenvalue weighted by Crippen LogP contribution is 2.41. The molecule has 0 aliphatic rings. The Hall–Kier alpha value is 0.460. The quantitative estimate of drug-likeness (QED) is 0.328. The Morgan fingerprint density at radius 3 is 2.70 bits per heavy atom. The van der Waals surface area contributed by atoms with E-state index in [1.807, 2.05) is 6.08 Å². The molecule has 0 heterocycles. The van der Waals surface area contributed by atoms with E-state index in [1.165, 1.54) is 25.4 Å². The summed E-state index contributed by atoms with van der Waals surface area (Å²) in [6.45, 7) is 5.87. The van der Waals surface area contributed by atoms with Gasteiger partial charge in [0.2, 0.25) is 0 Å². The molecule has 0 aromatic rings. The molecule has 0 amide bonds. The van der Waals surface area contributed by atoms with Gasteiger partial charge in [0, 0.05) is 0 Å². The topological polar surface area (TPSA) is 0 Å². The Bertz CT molecular complexity index is 83.3. The second-order valence-corrected chi connectivity index (χ2v) is 5.54. The standard InChI is InChI=1S/C8H16ClP/c1-3-5-6-8-10(9)7-4-2/h4H,2-3,5-8H2,1H3. The maximum Gasteiger partial charge on any atom is -0.000842 e. The van der Waals surface area contributed by atoms with E-state index in [0.717, 1.165) is 6.16 Å². The van der Waals surface area contributed by atoms with Crippen LogP contribution in [0.1, 0.15) is 26.2 Å². The SMILES string of the molecule is C=CCP(Cl)CCCCC. The van der Waals surface area contributed by atoms with Gasteiger partial charge in [0.15, 0.2) is 0 Å². The van der Waals surface area contributed by atoms with Gasteiger partial charge in [0.05, 0.1) is 0 Å². The van der Waals surface area contributed by atoms with Crippen LogP contribution < -0.4 is 0 Å². The van der Waals surface area contributed by atoms with E-state index in [-0.39, 0.29) is 7.27 Å². The maximum absolute atomic E-state index is 6.01. The Kier molecular flexibility index (Phi) is 7.91. The van der Waals surface area contributed by atoms with E-state index in [0.29, 0.717) is 0 Å². The minimum atomic E-state index is -0.238. The average Bonchev–Trinajstić information content (AvgIpc) is 1.89. The Labute approximate surface area is 70.2 Å². The number of unbranched alkanes of at least 4 members (excludes halogenated alkanes) is 2. The van der Waals surface area contributed by atoms with Crippen molar-refractivity contribution in [3.8, 4) is 0 Å². The molecule has 1 atom stereocenters. The van der Waals surface area contributed by atoms with E-state index in [9.17, 15) is 0 Å². The van der Waals surface area contributed by atoms with Crippen molar-refractivity contribution in [1.29, 1.82) is 0 Å². The molecule has 1 unspecified atom stereocenters. The molecule has 0 saturated heterocycles. The van der Waals surface area contributed by atoms with Crippen molar-refractivity contribution in [2.75, 3.05) is 12.3 Å². The second kappa shape index (κ2) is 7.57. The second-order valence-electron chi connectivity index (χ2n) is 2.36. The van der Waals surface area contributed by atoms with E-state index in [4.69, 9.17) is 11.2 Å². The number of halogens is 1. The van der Waals surface area contributed by atoms with Crippen LogP contribution in [0.25, 0.3) is 0 Å². The van der Waals surface area contributed by atoms with Gasteiger partial charge in [-0.2, -0.15) is 0 Å². The summed E-state index contributed by atoms with van der Waals surface area (Å²) >= 11 is 6.01. The van der Waals surface area contributed by atoms with Crippen LogP contribution in [0, 0.1) is 0 Å². The fourth-order valence-electron chi connectivity index (χ4n) is 0.765. The molecule has 0 fully saturated rings. The minimum absolute atomic E-state index is 0.238. The molecule has 10 heavy (non-hydrogen) atoms. The molecule has 0 radical (unpaired) electrons. The molecular weight excluding hydrogens is 163 g/mol. The van der Waals surface area contributed by atoms with E-state index in [1.54, 1.807) is 0 Å². The van der Waals surface area contributed by atoms with Crippen LogP contribution in [0.15, 0.2) is 12.7 Å². The first-order valence-corrected chi connectivity index (χ1v) is 6.44. The summed E-state index contributed by atoms with van der Waals surface area (Å²) in [7, 11) is -0.238. The predicted octanol–water partition coefficient (Wildman–Crippen LogP) is 4.00. The van der Waals surface area contributed by atoms with E-state index in [2.05, 4.69) is 13.5 Å². The highest BCUT2D eigenvalue weighted by Gasteiger charge is 1.99. The molecule has 0 N–H and O–H groups in total. The van der Waals surface area contributed by atoms with Crippen molar-refractivity contribution in [1.82, 2.24) is 0 Å². The summed E-state index contributed by atoms with van der Waals surface area (Å²) in [5.74, 6) is 0. The van der Waals surface area contributed by atoms with Crippen LogP contribution in [0.3, 0.4) is 0 Å². The summed E-state index contributed by atoms with van der Waals surface area (Å²) in [4.78, 5) is 0. The van der Waals surface area contributed by atoms with Gasteiger partial charge in [0.1, 0.15) is 0 Å². The number of allylic oxidation sites excluding steroid dienone is 1. The Morgan fingerprint density at radius 2 is 2.20 bits per heavy atom. The lowest BCUT2D eigenvalue weighted by Crippen LogP contribution is -1.82. The van der Waals surface area contributed by atoms with E-state index < -0.39 is 0 Å². The molecule has 0 bridgehead atoms. The van der Waals surface area contributed by atoms with Gasteiger partial charge in [-0.1, -0.05) is 37.1 Å². The molecule has 0 aromatic carbocycles. The fraction of sp³-hybridized carbons (Fsp3) is 0.750. The lowest BCUT2D eigenvalue weighted by atomic mass is 10.3. The van der Waals surface area contributed by atoms with Crippen LogP contribution in [-0.4, -0.2) is 12.3 Å². The third-order valence-electron chi connectivity index (χ3n) is 1.33. The van der Waals surface area contributed by atoms with Crippen molar-refractivity contribution >= 4 is 18.5 Å². The van der Waals surface area contributed by atoms with Crippen molar-refractivity contribution in [2.24, 2.45) is 0 Å². The van der Waals surface area contributed by atoms with Gasteiger partial charge in [-0.25, -0.2) is 0 Å². The summed E-state index contributed by atoms with van der Waals surface area (Å²) in [5.41, 5.74) is 0. The van der Waals surface area contributed by atoms with Crippen molar-refractivity contribution < 1.29 is 0 Å². The highest BCUT2D eigenvalue weighted by molar-refractivity contribution is 7.84. The predicted molar refractivity (Wildman–Crippen MR) is 52.2 cm³/mol. The third-order valence-corrected chi connectivity index (χ3v) is 3.71. The first-order valence-electron chi connectivity index (χ1n) is 3.83. The summed E-state index contributed by atoms with van der Waals surface area (Å²) in [6.07, 6.45) is 8.04. The fourth-order valence-corrected chi connectivity index (χ4v) is 2.45. The summed E-state index contributed by atoms with van der Waals surface area (Å²) in [5, 5.41) is 0. The highest BCUT2D eigenvalue weighted by atomic mass is 35.7. The number of hydrogen-bond acceptors (Lipinski definition) is 0. The zero-order chi connectivity index (χ0) is 7.82. The lowest BCUT2D eigenvalue weighted by Gasteiger charge is -2.04.